The molecule has 0 aromatic rings. The van der Waals surface area contributed by atoms with E-state index in [2.05, 4.69) is 9.47 Å². The van der Waals surface area contributed by atoms with Gasteiger partial charge in [0.2, 0.25) is 0 Å². The number of carboxylic acids is 1. The lowest BCUT2D eigenvalue weighted by Gasteiger charge is -2.05. The van der Waals surface area contributed by atoms with Gasteiger partial charge in [-0.2, -0.15) is 0 Å². The number of hydrogen-bond acceptors (Lipinski definition) is 6. The molecule has 3 N–H and O–H groups in total. The molecule has 15 heavy (non-hydrogen) atoms. The maximum Gasteiger partial charge on any atom is 0.331 e. The highest BCUT2D eigenvalue weighted by Crippen LogP contribution is 1.85. The van der Waals surface area contributed by atoms with Crippen molar-refractivity contribution in [2.75, 3.05) is 19.8 Å². The highest BCUT2D eigenvalue weighted by atomic mass is 16.6. The summed E-state index contributed by atoms with van der Waals surface area (Å²) < 4.78 is 9.15. The summed E-state index contributed by atoms with van der Waals surface area (Å²) in [6.45, 7) is -0.359. The molecule has 0 aromatic carbocycles. The van der Waals surface area contributed by atoms with Gasteiger partial charge in [-0.05, 0) is 0 Å². The first-order valence-electron chi connectivity index (χ1n) is 4.04. The highest BCUT2D eigenvalue weighted by Gasteiger charge is 1.99. The van der Waals surface area contributed by atoms with Crippen molar-refractivity contribution in [2.24, 2.45) is 0 Å². The fraction of sp³-hybridized carbons (Fsp3) is 0.500. The van der Waals surface area contributed by atoms with E-state index in [1.54, 1.807) is 0 Å². The van der Waals surface area contributed by atoms with Crippen LogP contribution >= 0.6 is 0 Å². The Kier molecular flexibility index (Phi) is 7.16. The van der Waals surface area contributed by atoms with Crippen molar-refractivity contribution < 1.29 is 34.4 Å². The SMILES string of the molecule is O=C(O)/C=C\C(=O)OCCOCC(O)O. The third-order valence-electron chi connectivity index (χ3n) is 1.10. The monoisotopic (exact) mass is 220 g/mol. The summed E-state index contributed by atoms with van der Waals surface area (Å²) in [6.07, 6.45) is -0.142. The van der Waals surface area contributed by atoms with Crippen molar-refractivity contribution in [2.45, 2.75) is 6.29 Å². The first-order valence-corrected chi connectivity index (χ1v) is 4.04. The van der Waals surface area contributed by atoms with E-state index >= 15 is 0 Å². The van der Waals surface area contributed by atoms with E-state index in [-0.39, 0.29) is 19.8 Å². The largest absolute Gasteiger partial charge is 0.478 e. The molecule has 0 fully saturated rings. The number of carbonyl (C=O) groups excluding carboxylic acids is 1. The normalized spacial score (nSPS) is 10.9. The highest BCUT2D eigenvalue weighted by molar-refractivity contribution is 5.90. The molecule has 7 heteroatoms. The molecule has 0 saturated carbocycles. The van der Waals surface area contributed by atoms with Crippen molar-refractivity contribution in [3.63, 3.8) is 0 Å². The fourth-order valence-corrected chi connectivity index (χ4v) is 0.577. The van der Waals surface area contributed by atoms with Crippen LogP contribution in [-0.4, -0.2) is 53.4 Å². The van der Waals surface area contributed by atoms with Gasteiger partial charge in [0, 0.05) is 12.2 Å². The molecule has 0 aromatic heterocycles. The Morgan fingerprint density at radius 2 is 1.87 bits per heavy atom. The average Bonchev–Trinajstić information content (AvgIpc) is 2.13. The molecule has 0 rings (SSSR count). The number of aliphatic carboxylic acids is 1. The summed E-state index contributed by atoms with van der Waals surface area (Å²) >= 11 is 0. The Morgan fingerprint density at radius 3 is 2.40 bits per heavy atom. The molecule has 0 aliphatic rings. The van der Waals surface area contributed by atoms with Crippen molar-refractivity contribution in [3.05, 3.63) is 12.2 Å². The molecule has 0 atom stereocenters. The number of aliphatic hydroxyl groups is 2. The molecule has 0 spiro atoms. The van der Waals surface area contributed by atoms with Gasteiger partial charge < -0.3 is 24.8 Å². The summed E-state index contributed by atoms with van der Waals surface area (Å²) in [5, 5.41) is 24.9. The lowest BCUT2D eigenvalue weighted by Crippen LogP contribution is -2.17. The Labute approximate surface area is 85.5 Å². The molecule has 0 amide bonds. The van der Waals surface area contributed by atoms with Crippen molar-refractivity contribution in [1.82, 2.24) is 0 Å². The molecule has 0 unspecified atom stereocenters. The van der Waals surface area contributed by atoms with Gasteiger partial charge >= 0.3 is 11.9 Å². The Bertz CT molecular complexity index is 233. The van der Waals surface area contributed by atoms with Crippen LogP contribution in [0.15, 0.2) is 12.2 Å². The van der Waals surface area contributed by atoms with E-state index in [1.807, 2.05) is 0 Å². The minimum absolute atomic E-state index is 0.00424. The molecule has 0 aliphatic heterocycles. The van der Waals surface area contributed by atoms with Crippen LogP contribution in [0.4, 0.5) is 0 Å². The molecular formula is C8H12O7. The van der Waals surface area contributed by atoms with Gasteiger partial charge in [0.25, 0.3) is 0 Å². The number of esters is 1. The van der Waals surface area contributed by atoms with E-state index in [4.69, 9.17) is 15.3 Å². The third kappa shape index (κ3) is 10.5. The van der Waals surface area contributed by atoms with Gasteiger partial charge in [-0.15, -0.1) is 0 Å². The van der Waals surface area contributed by atoms with E-state index in [0.717, 1.165) is 6.08 Å². The van der Waals surface area contributed by atoms with Gasteiger partial charge in [0.15, 0.2) is 6.29 Å². The van der Waals surface area contributed by atoms with Gasteiger partial charge in [-0.1, -0.05) is 0 Å². The molecule has 0 radical (unpaired) electrons. The van der Waals surface area contributed by atoms with E-state index in [0.29, 0.717) is 6.08 Å². The molecule has 86 valence electrons. The van der Waals surface area contributed by atoms with Crippen LogP contribution in [0.2, 0.25) is 0 Å². The lowest BCUT2D eigenvalue weighted by molar-refractivity contribution is -0.141. The Morgan fingerprint density at radius 1 is 1.20 bits per heavy atom. The summed E-state index contributed by atoms with van der Waals surface area (Å²) in [5.74, 6) is -2.04. The predicted molar refractivity (Wildman–Crippen MR) is 46.8 cm³/mol. The minimum Gasteiger partial charge on any atom is -0.478 e. The van der Waals surface area contributed by atoms with Gasteiger partial charge in [0.05, 0.1) is 13.2 Å². The molecule has 0 saturated heterocycles. The third-order valence-corrected chi connectivity index (χ3v) is 1.10. The molecular weight excluding hydrogens is 208 g/mol. The van der Waals surface area contributed by atoms with Crippen LogP contribution in [0.1, 0.15) is 0 Å². The topological polar surface area (TPSA) is 113 Å². The van der Waals surface area contributed by atoms with Crippen LogP contribution in [-0.2, 0) is 19.1 Å². The maximum absolute atomic E-state index is 10.7. The maximum atomic E-state index is 10.7. The second-order valence-corrected chi connectivity index (χ2v) is 2.39. The van der Waals surface area contributed by atoms with Gasteiger partial charge in [-0.3, -0.25) is 0 Å². The van der Waals surface area contributed by atoms with Crippen molar-refractivity contribution in [3.8, 4) is 0 Å². The second kappa shape index (κ2) is 7.92. The summed E-state index contributed by atoms with van der Waals surface area (Å²) in [5.41, 5.74) is 0. The zero-order valence-electron chi connectivity index (χ0n) is 7.83. The number of carboxylic acid groups (broad SMARTS) is 1. The standard InChI is InChI=1S/C8H12O7/c9-6(10)1-2-8(13)15-4-3-14-5-7(11)12/h1-2,7,11-12H,3-5H2,(H,9,10)/b2-1-. The van der Waals surface area contributed by atoms with Gasteiger partial charge in [-0.25, -0.2) is 9.59 Å². The number of hydrogen-bond donors (Lipinski definition) is 3. The Balaban J connectivity index is 3.43. The predicted octanol–water partition coefficient (Wildman–Crippen LogP) is -1.50. The zero-order chi connectivity index (χ0) is 11.7. The molecule has 0 bridgehead atoms. The lowest BCUT2D eigenvalue weighted by atomic mass is 10.5. The molecule has 0 aliphatic carbocycles. The molecule has 0 heterocycles. The quantitative estimate of drug-likeness (QED) is 0.207. The van der Waals surface area contributed by atoms with Crippen LogP contribution < -0.4 is 0 Å². The van der Waals surface area contributed by atoms with Crippen LogP contribution in [0.5, 0.6) is 0 Å². The van der Waals surface area contributed by atoms with Crippen LogP contribution in [0, 0.1) is 0 Å². The summed E-state index contributed by atoms with van der Waals surface area (Å²) in [7, 11) is 0. The van der Waals surface area contributed by atoms with Gasteiger partial charge in [0.1, 0.15) is 6.61 Å². The van der Waals surface area contributed by atoms with E-state index < -0.39 is 18.2 Å². The number of aliphatic hydroxyl groups excluding tert-OH is 1. The first-order chi connectivity index (χ1) is 7.02. The van der Waals surface area contributed by atoms with Crippen molar-refractivity contribution >= 4 is 11.9 Å². The number of carbonyl (C=O) groups is 2. The average molecular weight is 220 g/mol. The van der Waals surface area contributed by atoms with E-state index in [9.17, 15) is 9.59 Å². The minimum atomic E-state index is -1.56. The number of rotatable bonds is 7. The Hall–Kier alpha value is -1.44. The zero-order valence-corrected chi connectivity index (χ0v) is 7.83. The first kappa shape index (κ1) is 13.6. The molecule has 7 nitrogen and oxygen atoms in total. The fourth-order valence-electron chi connectivity index (χ4n) is 0.577. The smallest absolute Gasteiger partial charge is 0.331 e. The van der Waals surface area contributed by atoms with Crippen LogP contribution in [0.25, 0.3) is 0 Å². The van der Waals surface area contributed by atoms with Crippen molar-refractivity contribution in [1.29, 1.82) is 0 Å². The number of ether oxygens (including phenoxy) is 2. The summed E-state index contributed by atoms with van der Waals surface area (Å²) in [4.78, 5) is 20.7. The van der Waals surface area contributed by atoms with E-state index in [1.165, 1.54) is 0 Å². The summed E-state index contributed by atoms with van der Waals surface area (Å²) in [6, 6.07) is 0. The van der Waals surface area contributed by atoms with Crippen LogP contribution in [0.3, 0.4) is 0 Å². The second-order valence-electron chi connectivity index (χ2n) is 2.39.